The van der Waals surface area contributed by atoms with Crippen LogP contribution < -0.4 is 5.32 Å². The van der Waals surface area contributed by atoms with E-state index >= 15 is 0 Å². The van der Waals surface area contributed by atoms with E-state index in [1.165, 1.54) is 6.08 Å². The van der Waals surface area contributed by atoms with Gasteiger partial charge in [0.15, 0.2) is 11.4 Å². The third kappa shape index (κ3) is 4.57. The number of para-hydroxylation sites is 1. The molecule has 2 bridgehead atoms. The van der Waals surface area contributed by atoms with Gasteiger partial charge in [0, 0.05) is 35.2 Å². The molecule has 3 aromatic rings. The number of aromatic nitrogens is 3. The lowest BCUT2D eigenvalue weighted by molar-refractivity contribution is -0.137. The Balaban J connectivity index is 1.35. The number of ether oxygens (including phenoxy) is 3. The summed E-state index contributed by atoms with van der Waals surface area (Å²) in [5.74, 6) is 0.243. The molecule has 3 aliphatic heterocycles. The van der Waals surface area contributed by atoms with Gasteiger partial charge >= 0.3 is 0 Å². The second-order valence-corrected chi connectivity index (χ2v) is 10.2. The highest BCUT2D eigenvalue weighted by atomic mass is 16.5. The number of H-pyrrole nitrogens is 1. The van der Waals surface area contributed by atoms with Crippen LogP contribution in [-0.4, -0.2) is 70.4 Å². The van der Waals surface area contributed by atoms with Crippen molar-refractivity contribution in [1.29, 1.82) is 0 Å². The van der Waals surface area contributed by atoms with Crippen LogP contribution in [0.1, 0.15) is 42.9 Å². The van der Waals surface area contributed by atoms with Gasteiger partial charge in [0.25, 0.3) is 0 Å². The van der Waals surface area contributed by atoms with E-state index in [1.807, 2.05) is 18.2 Å². The molecule has 194 valence electrons. The number of nitrogens with one attached hydrogen (secondary N) is 2. The molecular weight excluding hydrogens is 472 g/mol. The molecule has 6 rings (SSSR count). The molecule has 3 saturated heterocycles. The quantitative estimate of drug-likeness (QED) is 0.400. The van der Waals surface area contributed by atoms with E-state index < -0.39 is 5.72 Å². The number of aromatic amines is 1. The fraction of sp³-hybridized carbons (Fsp3) is 0.464. The van der Waals surface area contributed by atoms with Crippen molar-refractivity contribution in [3.05, 3.63) is 54.2 Å². The summed E-state index contributed by atoms with van der Waals surface area (Å²) in [6, 6.07) is 9.22. The van der Waals surface area contributed by atoms with Gasteiger partial charge in [0.2, 0.25) is 5.78 Å². The second kappa shape index (κ2) is 9.98. The topological polar surface area (TPSA) is 119 Å². The average molecular weight is 505 g/mol. The highest BCUT2D eigenvalue weighted by Gasteiger charge is 2.48. The van der Waals surface area contributed by atoms with Crippen LogP contribution in [0.5, 0.6) is 5.75 Å². The van der Waals surface area contributed by atoms with Crippen LogP contribution in [-0.2, 0) is 25.4 Å². The number of hydrogen-bond donors (Lipinski definition) is 3. The first kappa shape index (κ1) is 24.2. The van der Waals surface area contributed by atoms with Crippen molar-refractivity contribution >= 4 is 16.8 Å². The molecule has 9 nitrogen and oxygen atoms in total. The summed E-state index contributed by atoms with van der Waals surface area (Å²) in [5, 5.41) is 23.7. The van der Waals surface area contributed by atoms with E-state index in [2.05, 4.69) is 27.1 Å². The summed E-state index contributed by atoms with van der Waals surface area (Å²) in [6.07, 6.45) is 5.29. The van der Waals surface area contributed by atoms with Crippen LogP contribution in [0.4, 0.5) is 0 Å². The lowest BCUT2D eigenvalue weighted by Crippen LogP contribution is -2.49. The van der Waals surface area contributed by atoms with Crippen molar-refractivity contribution in [3.8, 4) is 17.0 Å². The third-order valence-corrected chi connectivity index (χ3v) is 7.84. The standard InChI is InChI=1S/C28H32N4O5/c1-2-25(34)28-10-7-17(13-18(30-28)15-37-28)26-20(9-12-36-19-8-11-35-16-19)22-14-23(31-32-27(22)29-26)21-5-3-4-6-24(21)33/h2-6,14,17-19,30,33H,1,7-13,15-16H2,(H,29,32)/t17-,18-,19-,28?/m0/s1. The molecule has 3 N–H and O–H groups in total. The van der Waals surface area contributed by atoms with Crippen LogP contribution >= 0.6 is 0 Å². The summed E-state index contributed by atoms with van der Waals surface area (Å²) >= 11 is 0. The van der Waals surface area contributed by atoms with E-state index in [0.717, 1.165) is 42.5 Å². The monoisotopic (exact) mass is 504 g/mol. The van der Waals surface area contributed by atoms with Gasteiger partial charge in [-0.25, -0.2) is 0 Å². The van der Waals surface area contributed by atoms with Crippen molar-refractivity contribution < 1.29 is 24.1 Å². The number of phenolic OH excluding ortho intramolecular Hbond substituents is 1. The predicted octanol–water partition coefficient (Wildman–Crippen LogP) is 3.39. The highest BCUT2D eigenvalue weighted by molar-refractivity contribution is 5.96. The maximum Gasteiger partial charge on any atom is 0.201 e. The smallest absolute Gasteiger partial charge is 0.201 e. The van der Waals surface area contributed by atoms with E-state index in [-0.39, 0.29) is 29.6 Å². The van der Waals surface area contributed by atoms with Crippen LogP contribution in [0.2, 0.25) is 0 Å². The zero-order chi connectivity index (χ0) is 25.4. The normalized spacial score (nSPS) is 27.4. The van der Waals surface area contributed by atoms with Crippen molar-refractivity contribution in [2.75, 3.05) is 26.4 Å². The van der Waals surface area contributed by atoms with Gasteiger partial charge < -0.3 is 24.3 Å². The molecule has 37 heavy (non-hydrogen) atoms. The molecule has 3 aliphatic rings. The number of aromatic hydroxyl groups is 1. The number of carbonyl (C=O) groups excluding carboxylic acids is 1. The number of fused-ring (bicyclic) bond motifs is 3. The minimum atomic E-state index is -0.975. The zero-order valence-corrected chi connectivity index (χ0v) is 20.7. The number of hydrogen-bond acceptors (Lipinski definition) is 8. The van der Waals surface area contributed by atoms with E-state index in [1.54, 1.807) is 12.1 Å². The lowest BCUT2D eigenvalue weighted by atomic mass is 9.88. The van der Waals surface area contributed by atoms with Gasteiger partial charge in [-0.3, -0.25) is 10.1 Å². The minimum absolute atomic E-state index is 0.0745. The van der Waals surface area contributed by atoms with Crippen molar-refractivity contribution in [3.63, 3.8) is 0 Å². The summed E-state index contributed by atoms with van der Waals surface area (Å²) in [5.41, 5.74) is 3.25. The van der Waals surface area contributed by atoms with Crippen LogP contribution in [0.25, 0.3) is 22.3 Å². The van der Waals surface area contributed by atoms with Gasteiger partial charge in [-0.15, -0.1) is 10.2 Å². The molecule has 0 spiro atoms. The molecule has 5 heterocycles. The van der Waals surface area contributed by atoms with Gasteiger partial charge in [-0.2, -0.15) is 0 Å². The van der Waals surface area contributed by atoms with Crippen molar-refractivity contribution in [2.24, 2.45) is 0 Å². The average Bonchev–Trinajstić information content (AvgIpc) is 3.62. The first-order valence-corrected chi connectivity index (χ1v) is 13.0. The van der Waals surface area contributed by atoms with Crippen LogP contribution in [0.15, 0.2) is 43.0 Å². The third-order valence-electron chi connectivity index (χ3n) is 7.84. The van der Waals surface area contributed by atoms with Gasteiger partial charge in [-0.1, -0.05) is 18.7 Å². The van der Waals surface area contributed by atoms with Crippen molar-refractivity contribution in [1.82, 2.24) is 20.5 Å². The highest BCUT2D eigenvalue weighted by Crippen LogP contribution is 2.41. The molecule has 0 aliphatic carbocycles. The fourth-order valence-corrected chi connectivity index (χ4v) is 5.93. The molecule has 9 heteroatoms. The molecule has 3 fully saturated rings. The Morgan fingerprint density at radius 3 is 2.97 bits per heavy atom. The number of phenols is 1. The fourth-order valence-electron chi connectivity index (χ4n) is 5.93. The molecule has 0 saturated carbocycles. The van der Waals surface area contributed by atoms with Crippen molar-refractivity contribution in [2.45, 2.75) is 55.9 Å². The maximum absolute atomic E-state index is 12.6. The first-order valence-electron chi connectivity index (χ1n) is 13.0. The van der Waals surface area contributed by atoms with Gasteiger partial charge in [0.05, 0.1) is 31.6 Å². The Morgan fingerprint density at radius 2 is 2.16 bits per heavy atom. The maximum atomic E-state index is 12.6. The van der Waals surface area contributed by atoms with E-state index in [9.17, 15) is 9.90 Å². The molecule has 1 aromatic carbocycles. The SMILES string of the molecule is C=CC(=O)C12CC[C@H](c3[nH]c4nnc(-c5ccccc5O)cc4c3CCO[C@H]3CCOC3)C[C@@H](CO1)N2. The molecule has 0 amide bonds. The van der Waals surface area contributed by atoms with Crippen LogP contribution in [0.3, 0.4) is 0 Å². The predicted molar refractivity (Wildman–Crippen MR) is 137 cm³/mol. The summed E-state index contributed by atoms with van der Waals surface area (Å²) in [7, 11) is 0. The summed E-state index contributed by atoms with van der Waals surface area (Å²) < 4.78 is 17.5. The first-order chi connectivity index (χ1) is 18.1. The summed E-state index contributed by atoms with van der Waals surface area (Å²) in [4.78, 5) is 16.2. The largest absolute Gasteiger partial charge is 0.507 e. The Hall–Kier alpha value is -3.11. The Labute approximate surface area is 215 Å². The number of rotatable bonds is 8. The van der Waals surface area contributed by atoms with Gasteiger partial charge in [-0.05, 0) is 61.9 Å². The minimum Gasteiger partial charge on any atom is -0.507 e. The number of benzene rings is 1. The Bertz CT molecular complexity index is 1320. The lowest BCUT2D eigenvalue weighted by Gasteiger charge is -2.26. The Morgan fingerprint density at radius 1 is 1.27 bits per heavy atom. The molecule has 2 aromatic heterocycles. The number of carbonyl (C=O) groups is 1. The van der Waals surface area contributed by atoms with E-state index in [0.29, 0.717) is 49.6 Å². The van der Waals surface area contributed by atoms with Crippen LogP contribution in [0, 0.1) is 0 Å². The molecule has 4 atom stereocenters. The molecular formula is C28H32N4O5. The number of ketones is 1. The number of nitrogens with zero attached hydrogens (tertiary/aromatic N) is 2. The summed E-state index contributed by atoms with van der Waals surface area (Å²) in [6.45, 7) is 6.11. The second-order valence-electron chi connectivity index (χ2n) is 10.2. The van der Waals surface area contributed by atoms with E-state index in [4.69, 9.17) is 14.2 Å². The molecule has 1 unspecified atom stereocenters. The van der Waals surface area contributed by atoms with Gasteiger partial charge in [0.1, 0.15) is 5.75 Å². The molecule has 0 radical (unpaired) electrons. The Kier molecular flexibility index (Phi) is 6.54. The zero-order valence-electron chi connectivity index (χ0n) is 20.7.